The number of hydrogen-bond acceptors (Lipinski definition) is 2. The molecule has 0 bridgehead atoms. The molecule has 0 spiro atoms. The summed E-state index contributed by atoms with van der Waals surface area (Å²) in [6.07, 6.45) is 2.76. The van der Waals surface area contributed by atoms with E-state index in [1.54, 1.807) is 0 Å². The molecule has 0 fully saturated rings. The Kier molecular flexibility index (Phi) is 11.0. The first-order chi connectivity index (χ1) is 6.40. The summed E-state index contributed by atoms with van der Waals surface area (Å²) in [5.74, 6) is 0. The van der Waals surface area contributed by atoms with Crippen LogP contribution in [0.2, 0.25) is 0 Å². The molecule has 0 amide bonds. The fraction of sp³-hybridized carbons (Fsp3) is 1.00. The molecule has 0 aromatic carbocycles. The summed E-state index contributed by atoms with van der Waals surface area (Å²) in [6.45, 7) is 4.56. The van der Waals surface area contributed by atoms with Crippen LogP contribution in [0.5, 0.6) is 0 Å². The summed E-state index contributed by atoms with van der Waals surface area (Å²) < 4.78 is 0.931. The maximum atomic E-state index is 9.53. The average molecular weight is 205 g/mol. The largest absolute Gasteiger partial charge is 0.854 e. The van der Waals surface area contributed by atoms with Crippen molar-refractivity contribution in [2.24, 2.45) is 0 Å². The summed E-state index contributed by atoms with van der Waals surface area (Å²) in [4.78, 5) is 0. The van der Waals surface area contributed by atoms with Gasteiger partial charge in [0, 0.05) is 13.0 Å². The van der Waals surface area contributed by atoms with Gasteiger partial charge >= 0.3 is 0 Å². The zero-order valence-electron chi connectivity index (χ0n) is 10.4. The van der Waals surface area contributed by atoms with Crippen molar-refractivity contribution in [3.63, 3.8) is 0 Å². The first-order valence-corrected chi connectivity index (χ1v) is 5.40. The van der Waals surface area contributed by atoms with Crippen molar-refractivity contribution in [3.8, 4) is 0 Å². The lowest BCUT2D eigenvalue weighted by atomic mass is 10.2. The number of aliphatic hydroxyl groups is 1. The van der Waals surface area contributed by atoms with Gasteiger partial charge in [0.2, 0.25) is 0 Å². The number of unbranched alkanes of at least 4 members (excludes halogenated alkanes) is 1. The average Bonchev–Trinajstić information content (AvgIpc) is 2.05. The second-order valence-electron chi connectivity index (χ2n) is 4.54. The lowest BCUT2D eigenvalue weighted by molar-refractivity contribution is -0.894. The molecule has 14 heavy (non-hydrogen) atoms. The Labute approximate surface area is 89.0 Å². The van der Waals surface area contributed by atoms with Gasteiger partial charge in [-0.1, -0.05) is 19.8 Å². The zero-order chi connectivity index (χ0) is 11.6. The molecule has 0 saturated heterocycles. The second-order valence-corrected chi connectivity index (χ2v) is 4.54. The number of nitrogens with zero attached hydrogens (tertiary/aromatic N) is 1. The van der Waals surface area contributed by atoms with E-state index in [0.29, 0.717) is 12.6 Å². The predicted octanol–water partition coefficient (Wildman–Crippen LogP) is 0.610. The predicted molar refractivity (Wildman–Crippen MR) is 59.0 cm³/mol. The topological polar surface area (TPSA) is 43.3 Å². The normalized spacial score (nSPS) is 13.1. The molecule has 1 N–H and O–H groups in total. The van der Waals surface area contributed by atoms with E-state index in [2.05, 4.69) is 28.1 Å². The van der Waals surface area contributed by atoms with Crippen LogP contribution in [-0.4, -0.2) is 50.0 Å². The van der Waals surface area contributed by atoms with E-state index in [9.17, 15) is 5.11 Å². The molecule has 1 atom stereocenters. The molecule has 88 valence electrons. The Morgan fingerprint density at radius 2 is 1.79 bits per heavy atom. The third-order valence-corrected chi connectivity index (χ3v) is 2.37. The van der Waals surface area contributed by atoms with Crippen LogP contribution in [0.1, 0.15) is 33.1 Å². The SMILES string of the molecule is CC(CCO)[N+](C)(C)C.CCCC[O-]. The maximum absolute atomic E-state index is 9.53. The smallest absolute Gasteiger partial charge is 0.0877 e. The molecule has 3 nitrogen and oxygen atoms in total. The highest BCUT2D eigenvalue weighted by Gasteiger charge is 2.16. The highest BCUT2D eigenvalue weighted by atomic mass is 16.3. The number of rotatable bonds is 5. The van der Waals surface area contributed by atoms with Crippen molar-refractivity contribution in [3.05, 3.63) is 0 Å². The molecule has 1 unspecified atom stereocenters. The summed E-state index contributed by atoms with van der Waals surface area (Å²) in [6, 6.07) is 0.551. The van der Waals surface area contributed by atoms with Gasteiger partial charge in [-0.25, -0.2) is 0 Å². The van der Waals surface area contributed by atoms with Crippen LogP contribution in [0.4, 0.5) is 0 Å². The number of hydrogen-bond donors (Lipinski definition) is 1. The second kappa shape index (κ2) is 9.44. The lowest BCUT2D eigenvalue weighted by Crippen LogP contribution is -2.43. The zero-order valence-corrected chi connectivity index (χ0v) is 10.4. The fourth-order valence-electron chi connectivity index (χ4n) is 0.718. The van der Waals surface area contributed by atoms with Crippen molar-refractivity contribution in [2.75, 3.05) is 34.4 Å². The molecule has 0 aliphatic heterocycles. The Bertz CT molecular complexity index is 108. The van der Waals surface area contributed by atoms with E-state index in [1.165, 1.54) is 0 Å². The highest BCUT2D eigenvalue weighted by molar-refractivity contribution is 4.46. The van der Waals surface area contributed by atoms with Crippen molar-refractivity contribution in [1.29, 1.82) is 0 Å². The first-order valence-electron chi connectivity index (χ1n) is 5.40. The molecule has 0 radical (unpaired) electrons. The summed E-state index contributed by atoms with van der Waals surface area (Å²) in [7, 11) is 6.42. The molecule has 0 aliphatic rings. The van der Waals surface area contributed by atoms with Gasteiger partial charge in [0.05, 0.1) is 27.2 Å². The standard InChI is InChI=1S/C7H18NO.C4H9O/c1-7(5-6-9)8(2,3)4;1-2-3-4-5/h7,9H,5-6H2,1-4H3;2-4H2,1H3/q+1;-1. The summed E-state index contributed by atoms with van der Waals surface area (Å²) in [5, 5.41) is 18.1. The molecule has 0 aromatic rings. The molecular formula is C11H27NO2. The number of aliphatic hydroxyl groups excluding tert-OH is 1. The van der Waals surface area contributed by atoms with Gasteiger partial charge < -0.3 is 14.7 Å². The quantitative estimate of drug-likeness (QED) is 0.668. The van der Waals surface area contributed by atoms with Crippen molar-refractivity contribution >= 4 is 0 Å². The minimum absolute atomic E-state index is 0.0938. The Morgan fingerprint density at radius 1 is 1.29 bits per heavy atom. The Hall–Kier alpha value is -0.120. The van der Waals surface area contributed by atoms with Crippen molar-refractivity contribution < 1.29 is 14.7 Å². The molecule has 3 heteroatoms. The van der Waals surface area contributed by atoms with Crippen LogP contribution in [0.3, 0.4) is 0 Å². The third-order valence-electron chi connectivity index (χ3n) is 2.37. The monoisotopic (exact) mass is 205 g/mol. The maximum Gasteiger partial charge on any atom is 0.0877 e. The van der Waals surface area contributed by atoms with Gasteiger partial charge in [0.15, 0.2) is 0 Å². The first kappa shape index (κ1) is 16.3. The molecule has 0 rings (SSSR count). The van der Waals surface area contributed by atoms with E-state index in [1.807, 2.05) is 6.92 Å². The lowest BCUT2D eigenvalue weighted by Gasteiger charge is -2.31. The summed E-state index contributed by atoms with van der Waals surface area (Å²) in [5.41, 5.74) is 0. The number of quaternary nitrogens is 1. The Balaban J connectivity index is 0. The van der Waals surface area contributed by atoms with E-state index >= 15 is 0 Å². The van der Waals surface area contributed by atoms with Gasteiger partial charge in [0.1, 0.15) is 0 Å². The van der Waals surface area contributed by atoms with E-state index in [4.69, 9.17) is 5.11 Å². The van der Waals surface area contributed by atoms with E-state index in [-0.39, 0.29) is 6.61 Å². The van der Waals surface area contributed by atoms with Crippen molar-refractivity contribution in [2.45, 2.75) is 39.2 Å². The van der Waals surface area contributed by atoms with Gasteiger partial charge in [-0.05, 0) is 6.92 Å². The van der Waals surface area contributed by atoms with Crippen LogP contribution in [0, 0.1) is 0 Å². The van der Waals surface area contributed by atoms with E-state index < -0.39 is 0 Å². The van der Waals surface area contributed by atoms with Gasteiger partial charge in [-0.2, -0.15) is 0 Å². The molecule has 0 saturated carbocycles. The van der Waals surface area contributed by atoms with Crippen LogP contribution in [0.25, 0.3) is 0 Å². The van der Waals surface area contributed by atoms with Gasteiger partial charge in [-0.15, -0.1) is 6.61 Å². The molecule has 0 aliphatic carbocycles. The molecular weight excluding hydrogens is 178 g/mol. The van der Waals surface area contributed by atoms with Crippen molar-refractivity contribution in [1.82, 2.24) is 0 Å². The van der Waals surface area contributed by atoms with Gasteiger partial charge in [-0.3, -0.25) is 0 Å². The van der Waals surface area contributed by atoms with E-state index in [0.717, 1.165) is 23.7 Å². The third kappa shape index (κ3) is 11.9. The minimum atomic E-state index is 0.0938. The van der Waals surface area contributed by atoms with Crippen LogP contribution in [-0.2, 0) is 0 Å². The van der Waals surface area contributed by atoms with Crippen LogP contribution in [0.15, 0.2) is 0 Å². The Morgan fingerprint density at radius 3 is 1.86 bits per heavy atom. The highest BCUT2D eigenvalue weighted by Crippen LogP contribution is 2.04. The molecule has 0 heterocycles. The summed E-state index contributed by atoms with van der Waals surface area (Å²) >= 11 is 0. The van der Waals surface area contributed by atoms with Gasteiger partial charge in [0.25, 0.3) is 0 Å². The molecule has 0 aromatic heterocycles. The fourth-order valence-corrected chi connectivity index (χ4v) is 0.718. The van der Waals surface area contributed by atoms with Crippen LogP contribution >= 0.6 is 0 Å². The minimum Gasteiger partial charge on any atom is -0.854 e. The van der Waals surface area contributed by atoms with Crippen LogP contribution < -0.4 is 5.11 Å².